The molecule has 102 valence electrons. The van der Waals surface area contributed by atoms with Gasteiger partial charge in [0.05, 0.1) is 11.0 Å². The van der Waals surface area contributed by atoms with Crippen LogP contribution in [-0.4, -0.2) is 16.2 Å². The first kappa shape index (κ1) is 11.7. The highest BCUT2D eigenvalue weighted by atomic mass is 16.5. The Bertz CT molecular complexity index is 751. The summed E-state index contributed by atoms with van der Waals surface area (Å²) in [4.78, 5) is 4.65. The molecule has 0 saturated carbocycles. The zero-order chi connectivity index (χ0) is 13.5. The number of hydrogen-bond acceptors (Lipinski definition) is 3. The van der Waals surface area contributed by atoms with Gasteiger partial charge in [-0.1, -0.05) is 12.1 Å². The summed E-state index contributed by atoms with van der Waals surface area (Å²) in [6, 6.07) is 12.1. The molecule has 0 radical (unpaired) electrons. The highest BCUT2D eigenvalue weighted by Crippen LogP contribution is 2.33. The van der Waals surface area contributed by atoms with Crippen LogP contribution in [0.3, 0.4) is 0 Å². The van der Waals surface area contributed by atoms with Crippen molar-refractivity contribution in [2.45, 2.75) is 18.9 Å². The first-order valence-corrected chi connectivity index (χ1v) is 6.96. The van der Waals surface area contributed by atoms with Crippen molar-refractivity contribution in [1.82, 2.24) is 9.55 Å². The van der Waals surface area contributed by atoms with Gasteiger partial charge in [0, 0.05) is 13.7 Å². The molecule has 3 heterocycles. The quantitative estimate of drug-likeness (QED) is 0.711. The fourth-order valence-electron chi connectivity index (χ4n) is 2.81. The second-order valence-electron chi connectivity index (χ2n) is 5.19. The van der Waals surface area contributed by atoms with Gasteiger partial charge in [0.1, 0.15) is 11.9 Å². The molecule has 0 spiro atoms. The molecule has 1 atom stereocenters. The van der Waals surface area contributed by atoms with Crippen molar-refractivity contribution in [1.29, 1.82) is 0 Å². The van der Waals surface area contributed by atoms with E-state index in [1.54, 1.807) is 0 Å². The van der Waals surface area contributed by atoms with Gasteiger partial charge in [-0.2, -0.15) is 0 Å². The molecule has 20 heavy (non-hydrogen) atoms. The summed E-state index contributed by atoms with van der Waals surface area (Å²) in [5.74, 6) is 2.56. The van der Waals surface area contributed by atoms with Gasteiger partial charge in [0.2, 0.25) is 0 Å². The van der Waals surface area contributed by atoms with E-state index in [2.05, 4.69) is 15.6 Å². The largest absolute Gasteiger partial charge is 0.455 e. The molecule has 1 aromatic carbocycles. The second kappa shape index (κ2) is 4.49. The van der Waals surface area contributed by atoms with Crippen molar-refractivity contribution in [2.75, 3.05) is 6.61 Å². The Labute approximate surface area is 117 Å². The molecule has 1 saturated heterocycles. The Hall–Kier alpha value is -2.07. The van der Waals surface area contributed by atoms with E-state index in [0.717, 1.165) is 47.8 Å². The van der Waals surface area contributed by atoms with E-state index in [-0.39, 0.29) is 6.10 Å². The van der Waals surface area contributed by atoms with Crippen molar-refractivity contribution >= 4 is 11.0 Å². The van der Waals surface area contributed by atoms with Crippen molar-refractivity contribution in [3.05, 3.63) is 42.2 Å². The fraction of sp³-hybridized carbons (Fsp3) is 0.312. The molecule has 0 amide bonds. The molecule has 0 N–H and O–H groups in total. The number of benzene rings is 1. The van der Waals surface area contributed by atoms with Crippen molar-refractivity contribution in [3.8, 4) is 11.6 Å². The number of fused-ring (bicyclic) bond motifs is 1. The van der Waals surface area contributed by atoms with Gasteiger partial charge < -0.3 is 13.7 Å². The Morgan fingerprint density at radius 1 is 1.20 bits per heavy atom. The van der Waals surface area contributed by atoms with Crippen LogP contribution in [0.15, 0.2) is 40.8 Å². The summed E-state index contributed by atoms with van der Waals surface area (Å²) in [5, 5.41) is 0. The van der Waals surface area contributed by atoms with E-state index in [4.69, 9.17) is 9.15 Å². The maximum absolute atomic E-state index is 5.96. The van der Waals surface area contributed by atoms with Crippen LogP contribution >= 0.6 is 0 Å². The summed E-state index contributed by atoms with van der Waals surface area (Å²) in [6.07, 6.45) is 2.25. The topological polar surface area (TPSA) is 40.2 Å². The highest BCUT2D eigenvalue weighted by Gasteiger charge is 2.22. The summed E-state index contributed by atoms with van der Waals surface area (Å²) >= 11 is 0. The van der Waals surface area contributed by atoms with Crippen LogP contribution in [0, 0.1) is 0 Å². The molecule has 4 rings (SSSR count). The average Bonchev–Trinajstić information content (AvgIpc) is 3.17. The molecule has 3 aromatic rings. The highest BCUT2D eigenvalue weighted by molar-refractivity contribution is 5.79. The van der Waals surface area contributed by atoms with Gasteiger partial charge in [-0.15, -0.1) is 0 Å². The SMILES string of the molecule is Cn1c(-c2ccc(C3CCCO3)o2)nc2ccccc21. The van der Waals surface area contributed by atoms with Crippen LogP contribution in [0.4, 0.5) is 0 Å². The van der Waals surface area contributed by atoms with Crippen LogP contribution in [0.25, 0.3) is 22.6 Å². The lowest BCUT2D eigenvalue weighted by Crippen LogP contribution is -1.93. The zero-order valence-electron chi connectivity index (χ0n) is 11.4. The third-order valence-corrected chi connectivity index (χ3v) is 3.88. The number of nitrogens with zero attached hydrogens (tertiary/aromatic N) is 2. The van der Waals surface area contributed by atoms with Crippen LogP contribution in [0.2, 0.25) is 0 Å². The normalized spacial score (nSPS) is 18.9. The first-order valence-electron chi connectivity index (χ1n) is 6.96. The van der Waals surface area contributed by atoms with Crippen LogP contribution < -0.4 is 0 Å². The molecular formula is C16H16N2O2. The fourth-order valence-corrected chi connectivity index (χ4v) is 2.81. The number of para-hydroxylation sites is 2. The van der Waals surface area contributed by atoms with Gasteiger partial charge in [-0.25, -0.2) is 4.98 Å². The monoisotopic (exact) mass is 268 g/mol. The number of rotatable bonds is 2. The van der Waals surface area contributed by atoms with E-state index in [9.17, 15) is 0 Å². The second-order valence-corrected chi connectivity index (χ2v) is 5.19. The first-order chi connectivity index (χ1) is 9.83. The van der Waals surface area contributed by atoms with Crippen molar-refractivity contribution in [3.63, 3.8) is 0 Å². The molecule has 4 heteroatoms. The summed E-state index contributed by atoms with van der Waals surface area (Å²) < 4.78 is 13.7. The zero-order valence-corrected chi connectivity index (χ0v) is 11.4. The number of furan rings is 1. The Kier molecular flexibility index (Phi) is 2.63. The number of hydrogen-bond donors (Lipinski definition) is 0. The Morgan fingerprint density at radius 2 is 2.10 bits per heavy atom. The predicted octanol–water partition coefficient (Wildman–Crippen LogP) is 3.68. The number of imidazole rings is 1. The number of aryl methyl sites for hydroxylation is 1. The summed E-state index contributed by atoms with van der Waals surface area (Å²) in [5.41, 5.74) is 2.10. The molecule has 0 aliphatic carbocycles. The van der Waals surface area contributed by atoms with Crippen molar-refractivity contribution < 1.29 is 9.15 Å². The van der Waals surface area contributed by atoms with E-state index in [1.807, 2.05) is 37.4 Å². The van der Waals surface area contributed by atoms with E-state index in [0.29, 0.717) is 0 Å². The lowest BCUT2D eigenvalue weighted by molar-refractivity contribution is 0.0941. The minimum Gasteiger partial charge on any atom is -0.455 e. The molecule has 0 bridgehead atoms. The number of ether oxygens (including phenoxy) is 1. The molecule has 1 unspecified atom stereocenters. The predicted molar refractivity (Wildman–Crippen MR) is 76.3 cm³/mol. The average molecular weight is 268 g/mol. The van der Waals surface area contributed by atoms with Gasteiger partial charge >= 0.3 is 0 Å². The van der Waals surface area contributed by atoms with Crippen LogP contribution in [0.5, 0.6) is 0 Å². The molecule has 2 aromatic heterocycles. The molecule has 1 aliphatic heterocycles. The maximum atomic E-state index is 5.96. The smallest absolute Gasteiger partial charge is 0.176 e. The standard InChI is InChI=1S/C16H16N2O2/c1-18-12-6-3-2-5-11(12)17-16(18)15-9-8-14(20-15)13-7-4-10-19-13/h2-3,5-6,8-9,13H,4,7,10H2,1H3. The third-order valence-electron chi connectivity index (χ3n) is 3.88. The van der Waals surface area contributed by atoms with Gasteiger partial charge in [-0.05, 0) is 37.1 Å². The molecular weight excluding hydrogens is 252 g/mol. The summed E-state index contributed by atoms with van der Waals surface area (Å²) in [7, 11) is 2.01. The Balaban J connectivity index is 1.77. The van der Waals surface area contributed by atoms with Crippen LogP contribution in [-0.2, 0) is 11.8 Å². The lowest BCUT2D eigenvalue weighted by atomic mass is 10.2. The Morgan fingerprint density at radius 3 is 2.90 bits per heavy atom. The van der Waals surface area contributed by atoms with E-state index >= 15 is 0 Å². The minimum atomic E-state index is 0.110. The molecule has 1 fully saturated rings. The van der Waals surface area contributed by atoms with Crippen molar-refractivity contribution in [2.24, 2.45) is 7.05 Å². The van der Waals surface area contributed by atoms with Gasteiger partial charge in [-0.3, -0.25) is 0 Å². The molecule has 4 nitrogen and oxygen atoms in total. The van der Waals surface area contributed by atoms with Gasteiger partial charge in [0.15, 0.2) is 11.6 Å². The maximum Gasteiger partial charge on any atom is 0.176 e. The lowest BCUT2D eigenvalue weighted by Gasteiger charge is -2.04. The minimum absolute atomic E-state index is 0.110. The van der Waals surface area contributed by atoms with Gasteiger partial charge in [0.25, 0.3) is 0 Å². The van der Waals surface area contributed by atoms with Crippen LogP contribution in [0.1, 0.15) is 24.7 Å². The molecule has 1 aliphatic rings. The van der Waals surface area contributed by atoms with E-state index < -0.39 is 0 Å². The summed E-state index contributed by atoms with van der Waals surface area (Å²) in [6.45, 7) is 0.826. The van der Waals surface area contributed by atoms with E-state index in [1.165, 1.54) is 0 Å². The number of aromatic nitrogens is 2. The third kappa shape index (κ3) is 1.76.